The van der Waals surface area contributed by atoms with Gasteiger partial charge in [0.1, 0.15) is 10.6 Å². The largest absolute Gasteiger partial charge is 0.437 e. The fraction of sp³-hybridized carbons (Fsp3) is 0.160. The van der Waals surface area contributed by atoms with Crippen LogP contribution in [0.1, 0.15) is 22.4 Å². The third-order valence-electron chi connectivity index (χ3n) is 5.09. The molecule has 4 rings (SSSR count). The van der Waals surface area contributed by atoms with Crippen molar-refractivity contribution in [1.29, 1.82) is 0 Å². The first kappa shape index (κ1) is 23.8. The molecule has 0 saturated heterocycles. The number of rotatable bonds is 7. The molecule has 1 N–H and O–H groups in total. The molecule has 3 aromatic heterocycles. The summed E-state index contributed by atoms with van der Waals surface area (Å²) >= 11 is 6.09. The monoisotopic (exact) mass is 494 g/mol. The third kappa shape index (κ3) is 5.41. The summed E-state index contributed by atoms with van der Waals surface area (Å²) in [4.78, 5) is 12.7. The van der Waals surface area contributed by atoms with E-state index in [2.05, 4.69) is 19.7 Å². The van der Waals surface area contributed by atoms with Crippen LogP contribution in [0.25, 0.3) is 11.3 Å². The Bertz CT molecular complexity index is 1420. The Balaban J connectivity index is 1.77. The fourth-order valence-electron chi connectivity index (χ4n) is 3.59. The van der Waals surface area contributed by atoms with Crippen LogP contribution >= 0.6 is 11.6 Å². The first-order valence-electron chi connectivity index (χ1n) is 10.5. The van der Waals surface area contributed by atoms with E-state index in [1.807, 2.05) is 32.9 Å². The Morgan fingerprint density at radius 2 is 1.76 bits per heavy atom. The van der Waals surface area contributed by atoms with E-state index in [9.17, 15) is 8.42 Å². The Kier molecular flexibility index (Phi) is 6.92. The summed E-state index contributed by atoms with van der Waals surface area (Å²) in [6, 6.07) is 14.0. The van der Waals surface area contributed by atoms with Crippen molar-refractivity contribution in [3.8, 4) is 22.9 Å². The molecular weight excluding hydrogens is 472 g/mol. The number of nitrogens with zero attached hydrogens (tertiary/aromatic N) is 3. The molecule has 0 fully saturated rings. The van der Waals surface area contributed by atoms with Gasteiger partial charge in [0.15, 0.2) is 0 Å². The molecule has 0 aliphatic heterocycles. The lowest BCUT2D eigenvalue weighted by Crippen LogP contribution is -2.24. The summed E-state index contributed by atoms with van der Waals surface area (Å²) in [5.41, 5.74) is 4.54. The Morgan fingerprint density at radius 3 is 2.44 bits per heavy atom. The molecule has 0 saturated carbocycles. The van der Waals surface area contributed by atoms with Crippen LogP contribution in [0.5, 0.6) is 11.6 Å². The summed E-state index contributed by atoms with van der Waals surface area (Å²) in [6.45, 7) is 5.85. The van der Waals surface area contributed by atoms with Crippen LogP contribution in [-0.4, -0.2) is 23.4 Å². The van der Waals surface area contributed by atoms with Crippen LogP contribution in [0.15, 0.2) is 72.0 Å². The highest BCUT2D eigenvalue weighted by molar-refractivity contribution is 7.89. The lowest BCUT2D eigenvalue weighted by atomic mass is 10.1. The highest BCUT2D eigenvalue weighted by Gasteiger charge is 2.23. The van der Waals surface area contributed by atoms with Crippen molar-refractivity contribution in [2.45, 2.75) is 32.2 Å². The lowest BCUT2D eigenvalue weighted by molar-refractivity contribution is 0.440. The second-order valence-electron chi connectivity index (χ2n) is 7.87. The van der Waals surface area contributed by atoms with Gasteiger partial charge in [-0.3, -0.25) is 9.97 Å². The molecule has 0 spiro atoms. The Labute approximate surface area is 203 Å². The van der Waals surface area contributed by atoms with Gasteiger partial charge in [0, 0.05) is 24.2 Å². The zero-order chi connectivity index (χ0) is 24.3. The Hall–Kier alpha value is -3.33. The highest BCUT2D eigenvalue weighted by atomic mass is 35.5. The molecule has 0 aliphatic rings. The molecule has 9 heteroatoms. The summed E-state index contributed by atoms with van der Waals surface area (Å²) in [7, 11) is -3.97. The molecule has 0 atom stereocenters. The van der Waals surface area contributed by atoms with E-state index in [1.54, 1.807) is 42.7 Å². The number of benzene rings is 1. The quantitative estimate of drug-likeness (QED) is 0.370. The van der Waals surface area contributed by atoms with Crippen LogP contribution in [0.3, 0.4) is 0 Å². The molecule has 1 aromatic carbocycles. The topological polar surface area (TPSA) is 94.1 Å². The number of aryl methyl sites for hydroxylation is 3. The number of sulfonamides is 1. The molecule has 0 bridgehead atoms. The number of aromatic nitrogens is 3. The number of hydrogen-bond donors (Lipinski definition) is 1. The van der Waals surface area contributed by atoms with Crippen molar-refractivity contribution in [1.82, 2.24) is 19.7 Å². The number of pyridine rings is 3. The third-order valence-corrected chi connectivity index (χ3v) is 6.71. The van der Waals surface area contributed by atoms with Gasteiger partial charge in [-0.25, -0.2) is 18.1 Å². The molecule has 34 heavy (non-hydrogen) atoms. The van der Waals surface area contributed by atoms with E-state index in [-0.39, 0.29) is 17.3 Å². The standard InChI is InChI=1S/C25H23ClN4O3S/c1-16-10-17(2)24(18(3)11-16)33-25-23(34(31,32)29-15-21-6-4-5-9-28-21)8-7-22(30-25)19-12-20(26)14-27-13-19/h4-14,29H,15H2,1-3H3. The van der Waals surface area contributed by atoms with Crippen LogP contribution in [0, 0.1) is 20.8 Å². The number of nitrogens with one attached hydrogen (secondary N) is 1. The average Bonchev–Trinajstić information content (AvgIpc) is 2.80. The number of halogens is 1. The van der Waals surface area contributed by atoms with Gasteiger partial charge in [-0.05, 0) is 62.2 Å². The minimum atomic E-state index is -3.97. The van der Waals surface area contributed by atoms with Crippen LogP contribution < -0.4 is 9.46 Å². The molecule has 0 aliphatic carbocycles. The van der Waals surface area contributed by atoms with Gasteiger partial charge < -0.3 is 4.74 Å². The van der Waals surface area contributed by atoms with Gasteiger partial charge in [-0.2, -0.15) is 0 Å². The molecule has 0 unspecified atom stereocenters. The van der Waals surface area contributed by atoms with Crippen LogP contribution in [0.4, 0.5) is 0 Å². The van der Waals surface area contributed by atoms with E-state index in [1.165, 1.54) is 12.3 Å². The Morgan fingerprint density at radius 1 is 1.00 bits per heavy atom. The van der Waals surface area contributed by atoms with Gasteiger partial charge in [0.05, 0.1) is 23.0 Å². The molecule has 0 amide bonds. The summed E-state index contributed by atoms with van der Waals surface area (Å²) < 4.78 is 35.2. The minimum absolute atomic E-state index is 0.0329. The fourth-order valence-corrected chi connectivity index (χ4v) is 4.82. The van der Waals surface area contributed by atoms with Gasteiger partial charge in [-0.1, -0.05) is 35.4 Å². The maximum Gasteiger partial charge on any atom is 0.246 e. The average molecular weight is 495 g/mol. The number of ether oxygens (including phenoxy) is 1. The normalized spacial score (nSPS) is 11.4. The smallest absolute Gasteiger partial charge is 0.246 e. The van der Waals surface area contributed by atoms with Crippen molar-refractivity contribution >= 4 is 21.6 Å². The van der Waals surface area contributed by atoms with E-state index in [4.69, 9.17) is 16.3 Å². The van der Waals surface area contributed by atoms with Crippen molar-refractivity contribution in [2.24, 2.45) is 0 Å². The SMILES string of the molecule is Cc1cc(C)c(Oc2nc(-c3cncc(Cl)c3)ccc2S(=O)(=O)NCc2ccccn2)c(C)c1. The molecular formula is C25H23ClN4O3S. The van der Waals surface area contributed by atoms with Gasteiger partial charge in [0.25, 0.3) is 0 Å². The lowest BCUT2D eigenvalue weighted by Gasteiger charge is -2.16. The zero-order valence-electron chi connectivity index (χ0n) is 18.9. The summed E-state index contributed by atoms with van der Waals surface area (Å²) in [6.07, 6.45) is 4.73. The summed E-state index contributed by atoms with van der Waals surface area (Å²) in [5.74, 6) is 0.515. The van der Waals surface area contributed by atoms with Gasteiger partial charge in [0.2, 0.25) is 15.9 Å². The van der Waals surface area contributed by atoms with E-state index in [0.717, 1.165) is 16.7 Å². The van der Waals surface area contributed by atoms with E-state index >= 15 is 0 Å². The van der Waals surface area contributed by atoms with Crippen LogP contribution in [-0.2, 0) is 16.6 Å². The second-order valence-corrected chi connectivity index (χ2v) is 10.0. The van der Waals surface area contributed by atoms with Crippen molar-refractivity contribution in [3.05, 3.63) is 94.5 Å². The maximum atomic E-state index is 13.3. The second kappa shape index (κ2) is 9.89. The van der Waals surface area contributed by atoms with Gasteiger partial charge in [-0.15, -0.1) is 0 Å². The molecule has 7 nitrogen and oxygen atoms in total. The maximum absolute atomic E-state index is 13.3. The zero-order valence-corrected chi connectivity index (χ0v) is 20.5. The molecule has 0 radical (unpaired) electrons. The highest BCUT2D eigenvalue weighted by Crippen LogP contribution is 2.34. The van der Waals surface area contributed by atoms with Crippen LogP contribution in [0.2, 0.25) is 5.02 Å². The van der Waals surface area contributed by atoms with E-state index < -0.39 is 10.0 Å². The predicted octanol–water partition coefficient (Wildman–Crippen LogP) is 5.39. The van der Waals surface area contributed by atoms with E-state index in [0.29, 0.717) is 27.7 Å². The molecule has 3 heterocycles. The predicted molar refractivity (Wildman–Crippen MR) is 131 cm³/mol. The minimum Gasteiger partial charge on any atom is -0.437 e. The van der Waals surface area contributed by atoms with Crippen molar-refractivity contribution < 1.29 is 13.2 Å². The van der Waals surface area contributed by atoms with Crippen molar-refractivity contribution in [2.75, 3.05) is 0 Å². The van der Waals surface area contributed by atoms with Gasteiger partial charge >= 0.3 is 0 Å². The number of hydrogen-bond acceptors (Lipinski definition) is 6. The first-order valence-corrected chi connectivity index (χ1v) is 12.4. The van der Waals surface area contributed by atoms with Crippen molar-refractivity contribution in [3.63, 3.8) is 0 Å². The molecule has 174 valence electrons. The summed E-state index contributed by atoms with van der Waals surface area (Å²) in [5, 5.41) is 0.445. The first-order chi connectivity index (χ1) is 16.2. The molecule has 4 aromatic rings.